The van der Waals surface area contributed by atoms with E-state index in [2.05, 4.69) is 15.5 Å². The molecule has 0 unspecified atom stereocenters. The molecule has 1 aromatic carbocycles. The van der Waals surface area contributed by atoms with Crippen molar-refractivity contribution in [2.45, 2.75) is 6.92 Å². The van der Waals surface area contributed by atoms with Crippen molar-refractivity contribution < 1.29 is 18.8 Å². The first kappa shape index (κ1) is 16.5. The van der Waals surface area contributed by atoms with Gasteiger partial charge in [-0.25, -0.2) is 4.98 Å². The van der Waals surface area contributed by atoms with Gasteiger partial charge in [0.2, 0.25) is 0 Å². The summed E-state index contributed by atoms with van der Waals surface area (Å²) in [7, 11) is 3.12. The molecule has 2 aromatic heterocycles. The molecule has 0 aliphatic carbocycles. The summed E-state index contributed by atoms with van der Waals surface area (Å²) in [6.07, 6.45) is 1.61. The molecule has 0 aliphatic heterocycles. The van der Waals surface area contributed by atoms with Gasteiger partial charge < -0.3 is 19.3 Å². The van der Waals surface area contributed by atoms with Gasteiger partial charge in [0, 0.05) is 12.3 Å². The topological polar surface area (TPSA) is 86.5 Å². The van der Waals surface area contributed by atoms with Crippen molar-refractivity contribution in [1.29, 1.82) is 0 Å². The van der Waals surface area contributed by atoms with Crippen molar-refractivity contribution >= 4 is 11.7 Å². The number of aromatic nitrogens is 2. The van der Waals surface area contributed by atoms with Gasteiger partial charge in [0.15, 0.2) is 11.5 Å². The highest BCUT2D eigenvalue weighted by molar-refractivity contribution is 6.03. The van der Waals surface area contributed by atoms with E-state index in [4.69, 9.17) is 14.0 Å². The number of carbonyl (C=O) groups is 1. The maximum Gasteiger partial charge on any atom is 0.279 e. The average molecular weight is 339 g/mol. The fourth-order valence-electron chi connectivity index (χ4n) is 2.30. The van der Waals surface area contributed by atoms with Crippen molar-refractivity contribution in [1.82, 2.24) is 10.1 Å². The smallest absolute Gasteiger partial charge is 0.279 e. The van der Waals surface area contributed by atoms with Gasteiger partial charge in [-0.05, 0) is 36.8 Å². The summed E-state index contributed by atoms with van der Waals surface area (Å²) < 4.78 is 15.9. The number of methoxy groups -OCH3 is 2. The second kappa shape index (κ2) is 7.04. The lowest BCUT2D eigenvalue weighted by Crippen LogP contribution is -2.14. The van der Waals surface area contributed by atoms with Crippen LogP contribution in [-0.2, 0) is 0 Å². The molecule has 0 bridgehead atoms. The molecular formula is C18H17N3O4. The number of nitrogens with one attached hydrogen (secondary N) is 1. The maximum atomic E-state index is 12.4. The quantitative estimate of drug-likeness (QED) is 0.767. The van der Waals surface area contributed by atoms with E-state index in [1.165, 1.54) is 0 Å². The van der Waals surface area contributed by atoms with E-state index >= 15 is 0 Å². The van der Waals surface area contributed by atoms with Gasteiger partial charge in [-0.3, -0.25) is 4.79 Å². The van der Waals surface area contributed by atoms with Crippen LogP contribution < -0.4 is 14.8 Å². The first-order valence-corrected chi connectivity index (χ1v) is 7.54. The van der Waals surface area contributed by atoms with Gasteiger partial charge >= 0.3 is 0 Å². The van der Waals surface area contributed by atoms with Crippen molar-refractivity contribution in [3.05, 3.63) is 53.9 Å². The third-order valence-corrected chi connectivity index (χ3v) is 3.66. The summed E-state index contributed by atoms with van der Waals surface area (Å²) >= 11 is 0. The molecular weight excluding hydrogens is 322 g/mol. The highest BCUT2D eigenvalue weighted by Gasteiger charge is 2.18. The van der Waals surface area contributed by atoms with Gasteiger partial charge in [0.25, 0.3) is 5.91 Å². The van der Waals surface area contributed by atoms with E-state index in [0.29, 0.717) is 28.6 Å². The minimum Gasteiger partial charge on any atom is -0.497 e. The number of rotatable bonds is 5. The predicted molar refractivity (Wildman–Crippen MR) is 92.0 cm³/mol. The molecule has 0 spiro atoms. The number of hydrogen-bond donors (Lipinski definition) is 1. The summed E-state index contributed by atoms with van der Waals surface area (Å²) in [6.45, 7) is 1.86. The molecule has 2 heterocycles. The van der Waals surface area contributed by atoms with Gasteiger partial charge in [0.1, 0.15) is 17.3 Å². The molecule has 3 aromatic rings. The van der Waals surface area contributed by atoms with E-state index in [-0.39, 0.29) is 5.69 Å². The third kappa shape index (κ3) is 3.45. The SMILES string of the molecule is COc1ccc(OC)c(-c2cc(C(=O)Nc3ncccc3C)no2)c1. The number of nitrogens with zero attached hydrogens (tertiary/aromatic N) is 2. The summed E-state index contributed by atoms with van der Waals surface area (Å²) in [5, 5.41) is 6.55. The molecule has 0 radical (unpaired) electrons. The normalized spacial score (nSPS) is 10.4. The molecule has 3 rings (SSSR count). The summed E-state index contributed by atoms with van der Waals surface area (Å²) in [5.41, 5.74) is 1.64. The Kier molecular flexibility index (Phi) is 4.65. The Morgan fingerprint density at radius 2 is 2.00 bits per heavy atom. The largest absolute Gasteiger partial charge is 0.497 e. The standard InChI is InChI=1S/C18H17N3O4/c1-11-5-4-8-19-17(11)20-18(22)14-10-16(25-21-14)13-9-12(23-2)6-7-15(13)24-3/h4-10H,1-3H3,(H,19,20,22). The fraction of sp³-hybridized carbons (Fsp3) is 0.167. The number of amides is 1. The van der Waals surface area contributed by atoms with E-state index in [0.717, 1.165) is 5.56 Å². The number of ether oxygens (including phenoxy) is 2. The predicted octanol–water partition coefficient (Wildman–Crippen LogP) is 3.31. The maximum absolute atomic E-state index is 12.4. The zero-order valence-electron chi connectivity index (χ0n) is 14.1. The second-order valence-corrected chi connectivity index (χ2v) is 5.27. The molecule has 1 N–H and O–H groups in total. The molecule has 0 saturated carbocycles. The van der Waals surface area contributed by atoms with E-state index in [1.54, 1.807) is 50.7 Å². The lowest BCUT2D eigenvalue weighted by atomic mass is 10.1. The second-order valence-electron chi connectivity index (χ2n) is 5.27. The van der Waals surface area contributed by atoms with Crippen LogP contribution in [0.2, 0.25) is 0 Å². The lowest BCUT2D eigenvalue weighted by molar-refractivity contribution is 0.101. The Morgan fingerprint density at radius 1 is 1.16 bits per heavy atom. The highest BCUT2D eigenvalue weighted by atomic mass is 16.5. The van der Waals surface area contributed by atoms with Crippen LogP contribution in [0.25, 0.3) is 11.3 Å². The molecule has 1 amide bonds. The fourth-order valence-corrected chi connectivity index (χ4v) is 2.30. The van der Waals surface area contributed by atoms with Crippen LogP contribution >= 0.6 is 0 Å². The number of benzene rings is 1. The van der Waals surface area contributed by atoms with Crippen molar-refractivity contribution in [2.75, 3.05) is 19.5 Å². The molecule has 7 heteroatoms. The monoisotopic (exact) mass is 339 g/mol. The number of hydrogen-bond acceptors (Lipinski definition) is 6. The Morgan fingerprint density at radius 3 is 2.72 bits per heavy atom. The van der Waals surface area contributed by atoms with Gasteiger partial charge in [-0.15, -0.1) is 0 Å². The molecule has 25 heavy (non-hydrogen) atoms. The van der Waals surface area contributed by atoms with Crippen LogP contribution in [-0.4, -0.2) is 30.3 Å². The van der Waals surface area contributed by atoms with E-state index in [9.17, 15) is 4.79 Å². The Labute approximate surface area is 144 Å². The minimum atomic E-state index is -0.404. The zero-order valence-corrected chi connectivity index (χ0v) is 14.1. The Hall–Kier alpha value is -3.35. The van der Waals surface area contributed by atoms with Crippen LogP contribution in [0.15, 0.2) is 47.1 Å². The van der Waals surface area contributed by atoms with Crippen molar-refractivity contribution in [2.24, 2.45) is 0 Å². The molecule has 0 aliphatic rings. The number of aryl methyl sites for hydroxylation is 1. The Balaban J connectivity index is 1.88. The van der Waals surface area contributed by atoms with Gasteiger partial charge in [-0.2, -0.15) is 0 Å². The van der Waals surface area contributed by atoms with Gasteiger partial charge in [-0.1, -0.05) is 11.2 Å². The third-order valence-electron chi connectivity index (χ3n) is 3.66. The minimum absolute atomic E-state index is 0.143. The zero-order chi connectivity index (χ0) is 17.8. The van der Waals surface area contributed by atoms with Crippen LogP contribution in [0.1, 0.15) is 16.1 Å². The highest BCUT2D eigenvalue weighted by Crippen LogP contribution is 2.33. The number of pyridine rings is 1. The number of anilines is 1. The molecule has 128 valence electrons. The van der Waals surface area contributed by atoms with Crippen molar-refractivity contribution in [3.8, 4) is 22.8 Å². The summed E-state index contributed by atoms with van der Waals surface area (Å²) in [6, 6.07) is 10.5. The molecule has 0 fully saturated rings. The molecule has 0 atom stereocenters. The van der Waals surface area contributed by atoms with Crippen LogP contribution in [0.5, 0.6) is 11.5 Å². The first-order valence-electron chi connectivity index (χ1n) is 7.54. The molecule has 0 saturated heterocycles. The number of carbonyl (C=O) groups excluding carboxylic acids is 1. The lowest BCUT2D eigenvalue weighted by Gasteiger charge is -2.07. The summed E-state index contributed by atoms with van der Waals surface area (Å²) in [4.78, 5) is 16.5. The van der Waals surface area contributed by atoms with Crippen LogP contribution in [0.4, 0.5) is 5.82 Å². The summed E-state index contributed by atoms with van der Waals surface area (Å²) in [5.74, 6) is 1.71. The van der Waals surface area contributed by atoms with Crippen LogP contribution in [0.3, 0.4) is 0 Å². The van der Waals surface area contributed by atoms with Gasteiger partial charge in [0.05, 0.1) is 19.8 Å². The van der Waals surface area contributed by atoms with E-state index < -0.39 is 5.91 Å². The van der Waals surface area contributed by atoms with Crippen LogP contribution in [0, 0.1) is 6.92 Å². The first-order chi connectivity index (χ1) is 12.1. The van der Waals surface area contributed by atoms with E-state index in [1.807, 2.05) is 13.0 Å². The molecule has 7 nitrogen and oxygen atoms in total. The Bertz CT molecular complexity index is 905. The average Bonchev–Trinajstić information content (AvgIpc) is 3.13. The van der Waals surface area contributed by atoms with Crippen molar-refractivity contribution in [3.63, 3.8) is 0 Å².